The Labute approximate surface area is 228 Å². The normalized spacial score (nSPS) is 16.9. The van der Waals surface area contributed by atoms with Crippen molar-refractivity contribution in [2.75, 3.05) is 14.2 Å². The van der Waals surface area contributed by atoms with Gasteiger partial charge in [-0.25, -0.2) is 4.79 Å². The van der Waals surface area contributed by atoms with Crippen LogP contribution in [0.2, 0.25) is 0 Å². The first-order chi connectivity index (χ1) is 18.5. The molecule has 0 saturated carbocycles. The van der Waals surface area contributed by atoms with E-state index in [1.165, 1.54) is 12.0 Å². The zero-order chi connectivity index (χ0) is 28.5. The maximum atomic E-state index is 13.5. The number of ether oxygens (including phenoxy) is 2. The van der Waals surface area contributed by atoms with Crippen molar-refractivity contribution in [1.29, 1.82) is 0 Å². The summed E-state index contributed by atoms with van der Waals surface area (Å²) >= 11 is 0. The van der Waals surface area contributed by atoms with Gasteiger partial charge >= 0.3 is 5.97 Å². The first-order valence-electron chi connectivity index (χ1n) is 12.7. The number of hydrogen-bond acceptors (Lipinski definition) is 6. The molecule has 1 saturated heterocycles. The number of aliphatic hydroxyl groups excluding tert-OH is 1. The monoisotopic (exact) mass is 527 g/mol. The molecule has 0 aromatic heterocycles. The topological polar surface area (TPSA) is 93.1 Å². The molecule has 0 spiro atoms. The minimum absolute atomic E-state index is 0.0329. The van der Waals surface area contributed by atoms with Gasteiger partial charge in [-0.1, -0.05) is 57.2 Å². The van der Waals surface area contributed by atoms with Crippen molar-refractivity contribution in [3.8, 4) is 5.75 Å². The van der Waals surface area contributed by atoms with Gasteiger partial charge in [0, 0.05) is 17.7 Å². The van der Waals surface area contributed by atoms with E-state index in [9.17, 15) is 19.5 Å². The molecule has 3 aromatic rings. The van der Waals surface area contributed by atoms with Crippen molar-refractivity contribution in [3.63, 3.8) is 0 Å². The summed E-state index contributed by atoms with van der Waals surface area (Å²) in [5, 5.41) is 11.6. The van der Waals surface area contributed by atoms with E-state index in [0.29, 0.717) is 16.9 Å². The fraction of sp³-hybridized carbons (Fsp3) is 0.281. The quantitative estimate of drug-likeness (QED) is 0.191. The molecule has 1 unspecified atom stereocenters. The SMILES string of the molecule is COC(=O)c1ccc(CN2C(=O)C(=O)/C(=C(/O)c3ccc(OC)c(C(C)(C)C)c3)C2c2ccccc2C)cc1. The predicted octanol–water partition coefficient (Wildman–Crippen LogP) is 5.71. The van der Waals surface area contributed by atoms with E-state index in [2.05, 4.69) is 0 Å². The third-order valence-electron chi connectivity index (χ3n) is 7.03. The van der Waals surface area contributed by atoms with Crippen molar-refractivity contribution >= 4 is 23.4 Å². The third-order valence-corrected chi connectivity index (χ3v) is 7.03. The second kappa shape index (κ2) is 10.8. The van der Waals surface area contributed by atoms with E-state index < -0.39 is 23.7 Å². The Balaban J connectivity index is 1.85. The second-order valence-corrected chi connectivity index (χ2v) is 10.6. The number of ketones is 1. The van der Waals surface area contributed by atoms with Gasteiger partial charge in [-0.15, -0.1) is 0 Å². The first-order valence-corrected chi connectivity index (χ1v) is 12.7. The Morgan fingerprint density at radius 1 is 0.949 bits per heavy atom. The van der Waals surface area contributed by atoms with Gasteiger partial charge in [0.25, 0.3) is 11.7 Å². The summed E-state index contributed by atoms with van der Waals surface area (Å²) in [6.07, 6.45) is 0. The number of nitrogens with zero attached hydrogens (tertiary/aromatic N) is 1. The van der Waals surface area contributed by atoms with Gasteiger partial charge in [-0.2, -0.15) is 0 Å². The van der Waals surface area contributed by atoms with Crippen LogP contribution >= 0.6 is 0 Å². The molecule has 202 valence electrons. The molecular formula is C32H33NO6. The molecule has 1 fully saturated rings. The fourth-order valence-electron chi connectivity index (χ4n) is 4.92. The van der Waals surface area contributed by atoms with Crippen molar-refractivity contribution in [1.82, 2.24) is 4.90 Å². The highest BCUT2D eigenvalue weighted by atomic mass is 16.5. The zero-order valence-electron chi connectivity index (χ0n) is 23.1. The molecular weight excluding hydrogens is 494 g/mol. The average molecular weight is 528 g/mol. The number of hydrogen-bond donors (Lipinski definition) is 1. The van der Waals surface area contributed by atoms with Crippen LogP contribution in [0, 0.1) is 6.92 Å². The van der Waals surface area contributed by atoms with Crippen LogP contribution in [-0.2, 0) is 26.3 Å². The summed E-state index contributed by atoms with van der Waals surface area (Å²) in [5.41, 5.74) is 3.77. The molecule has 3 aromatic carbocycles. The van der Waals surface area contributed by atoms with Gasteiger partial charge in [0.15, 0.2) is 0 Å². The molecule has 1 amide bonds. The molecule has 0 bridgehead atoms. The van der Waals surface area contributed by atoms with Crippen LogP contribution in [0.15, 0.2) is 72.3 Å². The Kier molecular flexibility index (Phi) is 7.63. The van der Waals surface area contributed by atoms with Crippen LogP contribution in [0.5, 0.6) is 5.75 Å². The molecule has 1 N–H and O–H groups in total. The predicted molar refractivity (Wildman–Crippen MR) is 149 cm³/mol. The van der Waals surface area contributed by atoms with E-state index in [1.807, 2.05) is 58.0 Å². The Hall–Kier alpha value is -4.39. The number of rotatable bonds is 6. The van der Waals surface area contributed by atoms with Crippen LogP contribution in [0.3, 0.4) is 0 Å². The highest BCUT2D eigenvalue weighted by Gasteiger charge is 2.46. The summed E-state index contributed by atoms with van der Waals surface area (Å²) in [6, 6.07) is 18.6. The van der Waals surface area contributed by atoms with Crippen LogP contribution in [-0.4, -0.2) is 41.9 Å². The summed E-state index contributed by atoms with van der Waals surface area (Å²) in [4.78, 5) is 40.3. The minimum atomic E-state index is -0.799. The molecule has 39 heavy (non-hydrogen) atoms. The number of methoxy groups -OCH3 is 2. The number of esters is 1. The van der Waals surface area contributed by atoms with Crippen molar-refractivity contribution in [3.05, 3.63) is 106 Å². The van der Waals surface area contributed by atoms with E-state index in [0.717, 1.165) is 22.3 Å². The third kappa shape index (κ3) is 5.30. The van der Waals surface area contributed by atoms with Crippen LogP contribution in [0.25, 0.3) is 5.76 Å². The zero-order valence-corrected chi connectivity index (χ0v) is 23.1. The molecule has 7 heteroatoms. The van der Waals surface area contributed by atoms with Crippen molar-refractivity contribution in [2.24, 2.45) is 0 Å². The number of aliphatic hydroxyl groups is 1. The maximum Gasteiger partial charge on any atom is 0.337 e. The highest BCUT2D eigenvalue weighted by Crippen LogP contribution is 2.42. The highest BCUT2D eigenvalue weighted by molar-refractivity contribution is 6.46. The number of amides is 1. The first kappa shape index (κ1) is 27.6. The van der Waals surface area contributed by atoms with Gasteiger partial charge in [0.2, 0.25) is 0 Å². The van der Waals surface area contributed by atoms with Gasteiger partial charge in [-0.3, -0.25) is 9.59 Å². The smallest absolute Gasteiger partial charge is 0.337 e. The van der Waals surface area contributed by atoms with E-state index in [4.69, 9.17) is 9.47 Å². The standard InChI is InChI=1S/C32H33NO6/c1-19-9-7-8-10-23(19)27-26(28(34)22-15-16-25(38-5)24(17-22)32(2,3)4)29(35)30(36)33(27)18-20-11-13-21(14-12-20)31(37)39-6/h7-17,27,34H,18H2,1-6H3/b28-26+. The lowest BCUT2D eigenvalue weighted by atomic mass is 9.84. The van der Waals surface area contributed by atoms with Gasteiger partial charge < -0.3 is 19.5 Å². The van der Waals surface area contributed by atoms with Crippen LogP contribution in [0.1, 0.15) is 65.0 Å². The fourth-order valence-corrected chi connectivity index (χ4v) is 4.92. The number of carbonyl (C=O) groups is 3. The van der Waals surface area contributed by atoms with Crippen molar-refractivity contribution < 1.29 is 29.0 Å². The van der Waals surface area contributed by atoms with Crippen molar-refractivity contribution in [2.45, 2.75) is 45.7 Å². The Morgan fingerprint density at radius 2 is 1.59 bits per heavy atom. The molecule has 1 heterocycles. The lowest BCUT2D eigenvalue weighted by Gasteiger charge is -2.27. The number of carbonyl (C=O) groups excluding carboxylic acids is 3. The van der Waals surface area contributed by atoms with E-state index in [1.54, 1.807) is 43.5 Å². The lowest BCUT2D eigenvalue weighted by molar-refractivity contribution is -0.140. The molecule has 1 atom stereocenters. The van der Waals surface area contributed by atoms with Crippen LogP contribution < -0.4 is 4.74 Å². The average Bonchev–Trinajstić information content (AvgIpc) is 3.16. The molecule has 7 nitrogen and oxygen atoms in total. The maximum absolute atomic E-state index is 13.5. The number of likely N-dealkylation sites (tertiary alicyclic amines) is 1. The van der Waals surface area contributed by atoms with Gasteiger partial charge in [0.05, 0.1) is 31.4 Å². The van der Waals surface area contributed by atoms with E-state index >= 15 is 0 Å². The number of aryl methyl sites for hydroxylation is 1. The summed E-state index contributed by atoms with van der Waals surface area (Å²) < 4.78 is 10.3. The molecule has 1 aliphatic rings. The van der Waals surface area contributed by atoms with Crippen LogP contribution in [0.4, 0.5) is 0 Å². The summed E-state index contributed by atoms with van der Waals surface area (Å²) in [6.45, 7) is 8.12. The van der Waals surface area contributed by atoms with Gasteiger partial charge in [0.1, 0.15) is 11.5 Å². The molecule has 0 aliphatic carbocycles. The molecule has 1 aliphatic heterocycles. The largest absolute Gasteiger partial charge is 0.507 e. The van der Waals surface area contributed by atoms with E-state index in [-0.39, 0.29) is 23.3 Å². The summed E-state index contributed by atoms with van der Waals surface area (Å²) in [5.74, 6) is -1.48. The minimum Gasteiger partial charge on any atom is -0.507 e. The Bertz CT molecular complexity index is 1460. The molecule has 0 radical (unpaired) electrons. The lowest BCUT2D eigenvalue weighted by Crippen LogP contribution is -2.29. The summed E-state index contributed by atoms with van der Waals surface area (Å²) in [7, 11) is 2.90. The van der Waals surface area contributed by atoms with Gasteiger partial charge in [-0.05, 0) is 59.4 Å². The number of Topliss-reactive ketones (excluding diaryl/α,β-unsaturated/α-hetero) is 1. The second-order valence-electron chi connectivity index (χ2n) is 10.6. The Morgan fingerprint density at radius 3 is 2.18 bits per heavy atom. The molecule has 4 rings (SSSR count). The number of benzene rings is 3.